The van der Waals surface area contributed by atoms with Gasteiger partial charge in [0.2, 0.25) is 5.91 Å². The third-order valence-corrected chi connectivity index (χ3v) is 9.30. The van der Waals surface area contributed by atoms with Crippen molar-refractivity contribution in [3.63, 3.8) is 0 Å². The molecule has 4 bridgehead atoms. The number of aliphatic hydroxyl groups excluding tert-OH is 10. The van der Waals surface area contributed by atoms with E-state index in [1.165, 1.54) is 0 Å². The van der Waals surface area contributed by atoms with E-state index in [4.69, 9.17) is 42.6 Å². The van der Waals surface area contributed by atoms with Crippen LogP contribution in [0.1, 0.15) is 0 Å². The number of ether oxygens (including phenoxy) is 9. The van der Waals surface area contributed by atoms with Crippen LogP contribution in [0.2, 0.25) is 0 Å². The molecule has 0 spiro atoms. The van der Waals surface area contributed by atoms with Crippen LogP contribution in [-0.4, -0.2) is 206 Å². The molecule has 1 amide bonds. The second-order valence-electron chi connectivity index (χ2n) is 12.3. The molecule has 0 radical (unpaired) electrons. The van der Waals surface area contributed by atoms with Gasteiger partial charge in [-0.25, -0.2) is 0 Å². The molecule has 0 aromatic carbocycles. The van der Waals surface area contributed by atoms with Crippen LogP contribution in [0.5, 0.6) is 0 Å². The van der Waals surface area contributed by atoms with Crippen LogP contribution in [0.4, 0.5) is 0 Å². The smallest absolute Gasteiger partial charge is 0.282 e. The second-order valence-corrected chi connectivity index (χ2v) is 12.3. The number of amides is 1. The van der Waals surface area contributed by atoms with E-state index < -0.39 is 142 Å². The zero-order chi connectivity index (χ0) is 34.7. The third kappa shape index (κ3) is 6.30. The molecule has 274 valence electrons. The molecule has 11 N–H and O–H groups in total. The highest BCUT2D eigenvalue weighted by atomic mass is 16.8. The molecule has 6 aliphatic heterocycles. The van der Waals surface area contributed by atoms with Gasteiger partial charge >= 0.3 is 0 Å². The Bertz CT molecular complexity index is 1150. The maximum Gasteiger partial charge on any atom is 0.282 e. The zero-order valence-electron chi connectivity index (χ0n) is 25.1. The Kier molecular flexibility index (Phi) is 10.7. The first-order valence-electron chi connectivity index (χ1n) is 15.3. The fourth-order valence-electron chi connectivity index (χ4n) is 6.72. The van der Waals surface area contributed by atoms with Crippen molar-refractivity contribution in [3.8, 4) is 0 Å². The number of fused-ring (bicyclic) bond motifs is 4. The molecule has 20 atom stereocenters. The number of hydrogen-bond acceptors (Lipinski definition) is 20. The summed E-state index contributed by atoms with van der Waals surface area (Å²) in [5.41, 5.74) is 0. The van der Waals surface area contributed by atoms with Crippen molar-refractivity contribution in [2.24, 2.45) is 0 Å². The van der Waals surface area contributed by atoms with Gasteiger partial charge < -0.3 is 93.7 Å². The lowest BCUT2D eigenvalue weighted by Gasteiger charge is -2.50. The minimum Gasteiger partial charge on any atom is -0.394 e. The SMILES string of the molecule is C=CC(=O)N[C@]1(O[C@@H]2[C@H]3OC[C@@H]2O[C@@H](O[C@@H]2[C@@H](O)[C@H](O[C@@H]4[C@H]5OC[C@@H]4O[C@@H](O)[C@H]5O)O[C@H](CO)[C@H]2O)[C@H]3O)O[C@H](CO)[C@H](O)[C@H](O)[C@H]1O. The molecule has 21 heteroatoms. The lowest BCUT2D eigenvalue weighted by molar-refractivity contribution is -0.405. The highest BCUT2D eigenvalue weighted by molar-refractivity contribution is 5.87. The lowest BCUT2D eigenvalue weighted by atomic mass is 9.95. The summed E-state index contributed by atoms with van der Waals surface area (Å²) in [6.07, 6.45) is -27.8. The van der Waals surface area contributed by atoms with Gasteiger partial charge in [-0.2, -0.15) is 0 Å². The van der Waals surface area contributed by atoms with Crippen molar-refractivity contribution in [2.45, 2.75) is 122 Å². The van der Waals surface area contributed by atoms with Crippen LogP contribution in [0.25, 0.3) is 0 Å². The number of carbonyl (C=O) groups excluding carboxylic acids is 1. The van der Waals surface area contributed by atoms with Crippen molar-refractivity contribution >= 4 is 5.91 Å². The van der Waals surface area contributed by atoms with Gasteiger partial charge in [0.05, 0.1) is 26.4 Å². The average molecular weight is 700 g/mol. The van der Waals surface area contributed by atoms with E-state index in [0.717, 1.165) is 6.08 Å². The number of nitrogens with one attached hydrogen (secondary N) is 1. The van der Waals surface area contributed by atoms with E-state index in [9.17, 15) is 55.9 Å². The van der Waals surface area contributed by atoms with Gasteiger partial charge in [0, 0.05) is 0 Å². The van der Waals surface area contributed by atoms with Crippen molar-refractivity contribution in [2.75, 3.05) is 26.4 Å². The van der Waals surface area contributed by atoms with Crippen LogP contribution in [0, 0.1) is 0 Å². The minimum absolute atomic E-state index is 0.0484. The van der Waals surface area contributed by atoms with Crippen molar-refractivity contribution < 1.29 is 98.5 Å². The summed E-state index contributed by atoms with van der Waals surface area (Å²) in [5.74, 6) is -3.55. The van der Waals surface area contributed by atoms with Crippen molar-refractivity contribution in [3.05, 3.63) is 12.7 Å². The van der Waals surface area contributed by atoms with Gasteiger partial charge in [0.1, 0.15) is 91.6 Å². The Balaban J connectivity index is 1.17. The predicted octanol–water partition coefficient (Wildman–Crippen LogP) is -8.03. The molecule has 6 saturated heterocycles. The number of carbonyl (C=O) groups is 1. The molecule has 6 rings (SSSR count). The molecule has 6 fully saturated rings. The number of hydrogen-bond donors (Lipinski definition) is 11. The first-order valence-corrected chi connectivity index (χ1v) is 15.3. The molecule has 0 aromatic heterocycles. The molecule has 6 heterocycles. The molecular weight excluding hydrogens is 658 g/mol. The summed E-state index contributed by atoms with van der Waals surface area (Å²) in [6.45, 7) is 1.41. The highest BCUT2D eigenvalue weighted by Gasteiger charge is 2.62. The minimum atomic E-state index is -2.61. The molecule has 21 nitrogen and oxygen atoms in total. The maximum atomic E-state index is 12.3. The van der Waals surface area contributed by atoms with E-state index in [1.807, 2.05) is 0 Å². The molecular formula is C27H41NO20. The van der Waals surface area contributed by atoms with Gasteiger partial charge in [-0.3, -0.25) is 10.1 Å². The predicted molar refractivity (Wildman–Crippen MR) is 144 cm³/mol. The molecule has 48 heavy (non-hydrogen) atoms. The lowest BCUT2D eigenvalue weighted by Crippen LogP contribution is -2.74. The van der Waals surface area contributed by atoms with Gasteiger partial charge in [0.25, 0.3) is 5.91 Å². The summed E-state index contributed by atoms with van der Waals surface area (Å²) < 4.78 is 51.0. The summed E-state index contributed by atoms with van der Waals surface area (Å²) >= 11 is 0. The normalized spacial score (nSPS) is 53.4. The Labute approximate surface area is 271 Å². The standard InChI is InChI=1S/C27H41NO20/c1-2-11(31)28-27(23(38)14(34)12(32)8(4-30)47-27)48-19-10-6-41-22(19)17(37)26(44-10)46-20-13(33)7(3-29)43-25(16(20)36)45-18-9-5-40-21(18)15(35)24(39)42-9/h2,7-10,12-26,29-30,32-39H,1,3-6H2,(H,28,31)/t7-,8-,9+,10+,12+,13-,14+,15+,16-,17+,18+,19+,20+,21+,22+,23-,24-,25+,26+,27+/m1/s1. The molecule has 0 saturated carbocycles. The fourth-order valence-corrected chi connectivity index (χ4v) is 6.72. The van der Waals surface area contributed by atoms with Crippen LogP contribution >= 0.6 is 0 Å². The molecule has 0 aliphatic carbocycles. The fraction of sp³-hybridized carbons (Fsp3) is 0.889. The maximum absolute atomic E-state index is 12.3. The van der Waals surface area contributed by atoms with Crippen LogP contribution in [-0.2, 0) is 47.4 Å². The number of aliphatic hydroxyl groups is 10. The van der Waals surface area contributed by atoms with Gasteiger partial charge in [-0.15, -0.1) is 0 Å². The Hall–Kier alpha value is -1.55. The first-order chi connectivity index (χ1) is 22.8. The van der Waals surface area contributed by atoms with E-state index in [-0.39, 0.29) is 13.2 Å². The quantitative estimate of drug-likeness (QED) is 0.0745. The van der Waals surface area contributed by atoms with E-state index >= 15 is 0 Å². The Morgan fingerprint density at radius 1 is 0.729 bits per heavy atom. The molecule has 0 unspecified atom stereocenters. The monoisotopic (exact) mass is 699 g/mol. The first kappa shape index (κ1) is 36.2. The van der Waals surface area contributed by atoms with E-state index in [2.05, 4.69) is 11.9 Å². The topological polar surface area (TPSA) is 314 Å². The zero-order valence-corrected chi connectivity index (χ0v) is 25.1. The van der Waals surface area contributed by atoms with Gasteiger partial charge in [-0.1, -0.05) is 6.58 Å². The largest absolute Gasteiger partial charge is 0.394 e. The summed E-state index contributed by atoms with van der Waals surface area (Å²) in [7, 11) is 0. The van der Waals surface area contributed by atoms with Gasteiger partial charge in [0.15, 0.2) is 25.0 Å². The van der Waals surface area contributed by atoms with Gasteiger partial charge in [-0.05, 0) is 6.08 Å². The summed E-state index contributed by atoms with van der Waals surface area (Å²) in [6, 6.07) is 0. The van der Waals surface area contributed by atoms with Crippen molar-refractivity contribution in [1.82, 2.24) is 5.32 Å². The second kappa shape index (κ2) is 14.2. The molecule has 0 aromatic rings. The van der Waals surface area contributed by atoms with E-state index in [1.54, 1.807) is 0 Å². The van der Waals surface area contributed by atoms with Crippen LogP contribution < -0.4 is 5.32 Å². The van der Waals surface area contributed by atoms with Crippen LogP contribution in [0.15, 0.2) is 12.7 Å². The average Bonchev–Trinajstić information content (AvgIpc) is 3.55. The third-order valence-electron chi connectivity index (χ3n) is 9.30. The molecule has 6 aliphatic rings. The van der Waals surface area contributed by atoms with Crippen molar-refractivity contribution in [1.29, 1.82) is 0 Å². The highest BCUT2D eigenvalue weighted by Crippen LogP contribution is 2.40. The Morgan fingerprint density at radius 3 is 1.98 bits per heavy atom. The van der Waals surface area contributed by atoms with E-state index in [0.29, 0.717) is 0 Å². The summed E-state index contributed by atoms with van der Waals surface area (Å²) in [5, 5.41) is 107. The number of rotatable bonds is 10. The summed E-state index contributed by atoms with van der Waals surface area (Å²) in [4.78, 5) is 12.3. The van der Waals surface area contributed by atoms with Crippen LogP contribution in [0.3, 0.4) is 0 Å². The Morgan fingerprint density at radius 2 is 1.33 bits per heavy atom.